The van der Waals surface area contributed by atoms with Crippen molar-refractivity contribution in [1.29, 1.82) is 0 Å². The number of hydrogen-bond acceptors (Lipinski definition) is 6. The fourth-order valence-electron chi connectivity index (χ4n) is 3.92. The molecule has 0 saturated carbocycles. The highest BCUT2D eigenvalue weighted by atomic mass is 32.1. The number of aliphatic hydroxyl groups excluding tert-OH is 1. The van der Waals surface area contributed by atoms with Crippen LogP contribution >= 0.6 is 11.3 Å². The van der Waals surface area contributed by atoms with Crippen molar-refractivity contribution in [2.24, 2.45) is 10.2 Å². The molecule has 1 N–H and O–H groups in total. The van der Waals surface area contributed by atoms with Gasteiger partial charge in [-0.3, -0.25) is 0 Å². The molecule has 0 aliphatic rings. The fraction of sp³-hybridized carbons (Fsp3) is 0.480. The average Bonchev–Trinajstić information content (AvgIpc) is 3.40. The molecular weight excluding hydrogens is 727 g/mol. The Bertz CT molecular complexity index is 1620. The SMILES string of the molecule is CCN(CCO)c1ccc(N=Nc2nc3ccc(C(F)(F)C(F)(F)C(F)(F)C(F)(F)C(F)(F)C(F)(F)C(F)(F)C(F)(F)F)cc3s2)cc1. The van der Waals surface area contributed by atoms with Gasteiger partial charge in [-0.05, 0) is 43.3 Å². The number of aliphatic hydroxyl groups is 1. The van der Waals surface area contributed by atoms with Crippen molar-refractivity contribution in [1.82, 2.24) is 4.98 Å². The Hall–Kier alpha value is -3.50. The maximum Gasteiger partial charge on any atom is 0.460 e. The average molecular weight is 744 g/mol. The van der Waals surface area contributed by atoms with E-state index in [0.717, 1.165) is 0 Å². The number of hydrogen-bond donors (Lipinski definition) is 1. The molecule has 0 spiro atoms. The lowest BCUT2D eigenvalue weighted by molar-refractivity contribution is -0.462. The van der Waals surface area contributed by atoms with Gasteiger partial charge in [-0.1, -0.05) is 17.4 Å². The lowest BCUT2D eigenvalue weighted by Gasteiger charge is -2.42. The predicted molar refractivity (Wildman–Crippen MR) is 135 cm³/mol. The zero-order valence-corrected chi connectivity index (χ0v) is 24.0. The summed E-state index contributed by atoms with van der Waals surface area (Å²) in [4.78, 5) is 5.55. The van der Waals surface area contributed by atoms with E-state index in [9.17, 15) is 74.6 Å². The number of azo groups is 1. The number of thiazole rings is 1. The Balaban J connectivity index is 1.96. The maximum absolute atomic E-state index is 14.7. The van der Waals surface area contributed by atoms with Gasteiger partial charge in [0.2, 0.25) is 5.13 Å². The van der Waals surface area contributed by atoms with Crippen LogP contribution < -0.4 is 4.90 Å². The van der Waals surface area contributed by atoms with Crippen LogP contribution in [0.2, 0.25) is 0 Å². The zero-order valence-electron chi connectivity index (χ0n) is 23.2. The maximum atomic E-state index is 14.7. The molecule has 1 heterocycles. The molecule has 0 aliphatic heterocycles. The van der Waals surface area contributed by atoms with Crippen molar-refractivity contribution in [3.8, 4) is 0 Å². The second-order valence-corrected chi connectivity index (χ2v) is 10.7. The van der Waals surface area contributed by atoms with E-state index in [1.165, 1.54) is 12.1 Å². The fourth-order valence-corrected chi connectivity index (χ4v) is 4.74. The van der Waals surface area contributed by atoms with Gasteiger partial charge in [-0.25, -0.2) is 4.98 Å². The first-order valence-corrected chi connectivity index (χ1v) is 13.5. The molecule has 268 valence electrons. The van der Waals surface area contributed by atoms with E-state index in [1.807, 2.05) is 6.92 Å². The molecule has 0 radical (unpaired) electrons. The molecule has 3 aromatic rings. The van der Waals surface area contributed by atoms with Crippen LogP contribution in [0.25, 0.3) is 10.2 Å². The summed E-state index contributed by atoms with van der Waals surface area (Å²) < 4.78 is 231. The van der Waals surface area contributed by atoms with Gasteiger partial charge >= 0.3 is 47.6 Å². The standard InChI is InChI=1S/C25H17F17N4OS/c1-2-46(9-10-47)14-6-4-13(5-7-14)44-45-17-43-15-8-3-12(11-16(15)48-17)18(26,27)19(28,29)20(30,31)21(32,33)22(34,35)23(36,37)24(38,39)25(40,41)42/h3-8,11,47H,2,9-10H2,1H3. The second-order valence-electron chi connectivity index (χ2n) is 9.72. The van der Waals surface area contributed by atoms with Crippen molar-refractivity contribution in [2.75, 3.05) is 24.6 Å². The van der Waals surface area contributed by atoms with Gasteiger partial charge < -0.3 is 10.0 Å². The van der Waals surface area contributed by atoms with E-state index in [2.05, 4.69) is 15.2 Å². The lowest BCUT2D eigenvalue weighted by atomic mass is 9.87. The van der Waals surface area contributed by atoms with Crippen molar-refractivity contribution in [2.45, 2.75) is 54.6 Å². The monoisotopic (exact) mass is 744 g/mol. The Morgan fingerprint density at radius 3 is 1.65 bits per heavy atom. The first-order valence-electron chi connectivity index (χ1n) is 12.7. The van der Waals surface area contributed by atoms with Crippen molar-refractivity contribution >= 4 is 38.1 Å². The highest BCUT2D eigenvalue weighted by Crippen LogP contribution is 2.65. The summed E-state index contributed by atoms with van der Waals surface area (Å²) in [5.74, 6) is -57.1. The van der Waals surface area contributed by atoms with Crippen molar-refractivity contribution in [3.63, 3.8) is 0 Å². The molecule has 2 aromatic carbocycles. The van der Waals surface area contributed by atoms with Crippen LogP contribution in [0, 0.1) is 0 Å². The van der Waals surface area contributed by atoms with Gasteiger partial charge in [0, 0.05) is 24.3 Å². The Morgan fingerprint density at radius 2 is 1.17 bits per heavy atom. The van der Waals surface area contributed by atoms with Gasteiger partial charge in [0.15, 0.2) is 0 Å². The number of fused-ring (bicyclic) bond motifs is 1. The molecule has 3 rings (SSSR count). The molecule has 0 saturated heterocycles. The van der Waals surface area contributed by atoms with E-state index >= 15 is 0 Å². The van der Waals surface area contributed by atoms with Crippen LogP contribution in [0.5, 0.6) is 0 Å². The number of halogens is 17. The van der Waals surface area contributed by atoms with Gasteiger partial charge in [0.1, 0.15) is 0 Å². The summed E-state index contributed by atoms with van der Waals surface area (Å²) in [6, 6.07) is 6.27. The summed E-state index contributed by atoms with van der Waals surface area (Å²) >= 11 is 0.271. The highest BCUT2D eigenvalue weighted by molar-refractivity contribution is 7.21. The normalized spacial score (nSPS) is 14.7. The highest BCUT2D eigenvalue weighted by Gasteiger charge is 2.95. The van der Waals surface area contributed by atoms with E-state index in [1.54, 1.807) is 17.0 Å². The molecule has 0 amide bonds. The summed E-state index contributed by atoms with van der Waals surface area (Å²) in [5.41, 5.74) is -1.84. The molecule has 1 aromatic heterocycles. The van der Waals surface area contributed by atoms with Gasteiger partial charge in [-0.15, -0.1) is 10.2 Å². The number of alkyl halides is 17. The van der Waals surface area contributed by atoms with Crippen molar-refractivity contribution in [3.05, 3.63) is 48.0 Å². The molecule has 48 heavy (non-hydrogen) atoms. The van der Waals surface area contributed by atoms with Crippen molar-refractivity contribution < 1.29 is 79.7 Å². The second kappa shape index (κ2) is 12.4. The third-order valence-electron chi connectivity index (χ3n) is 6.68. The van der Waals surface area contributed by atoms with Crippen LogP contribution in [-0.4, -0.2) is 71.5 Å². The number of benzene rings is 2. The van der Waals surface area contributed by atoms with E-state index in [-0.39, 0.29) is 46.4 Å². The summed E-state index contributed by atoms with van der Waals surface area (Å²) in [6.07, 6.45) is -7.82. The van der Waals surface area contributed by atoms with Gasteiger partial charge in [-0.2, -0.15) is 74.6 Å². The zero-order chi connectivity index (χ0) is 36.9. The number of rotatable bonds is 13. The smallest absolute Gasteiger partial charge is 0.395 e. The quantitative estimate of drug-likeness (QED) is 0.140. The minimum Gasteiger partial charge on any atom is -0.395 e. The first kappa shape index (κ1) is 38.9. The lowest BCUT2D eigenvalue weighted by Crippen LogP contribution is -2.74. The van der Waals surface area contributed by atoms with Gasteiger partial charge in [0.25, 0.3) is 0 Å². The summed E-state index contributed by atoms with van der Waals surface area (Å²) in [6.45, 7) is 2.50. The third kappa shape index (κ3) is 5.99. The Morgan fingerprint density at radius 1 is 0.667 bits per heavy atom. The summed E-state index contributed by atoms with van der Waals surface area (Å²) in [7, 11) is 0. The molecular formula is C25H17F17N4OS. The van der Waals surface area contributed by atoms with E-state index < -0.39 is 57.9 Å². The molecule has 0 aliphatic carbocycles. The van der Waals surface area contributed by atoms with Crippen LogP contribution in [-0.2, 0) is 5.92 Å². The van der Waals surface area contributed by atoms with Crippen LogP contribution in [0.1, 0.15) is 12.5 Å². The van der Waals surface area contributed by atoms with Crippen LogP contribution in [0.4, 0.5) is 91.1 Å². The Kier molecular flexibility index (Phi) is 10.1. The molecule has 0 fully saturated rings. The topological polar surface area (TPSA) is 61.1 Å². The molecule has 0 unspecified atom stereocenters. The first-order chi connectivity index (χ1) is 21.7. The molecule has 23 heteroatoms. The number of nitrogens with zero attached hydrogens (tertiary/aromatic N) is 4. The number of likely N-dealkylation sites (N-methyl/N-ethyl adjacent to an activating group) is 1. The molecule has 0 bridgehead atoms. The predicted octanol–water partition coefficient (Wildman–Crippen LogP) is 10.00. The summed E-state index contributed by atoms with van der Waals surface area (Å²) in [5, 5.41) is 16.2. The largest absolute Gasteiger partial charge is 0.460 e. The van der Waals surface area contributed by atoms with E-state index in [4.69, 9.17) is 5.11 Å². The minimum absolute atomic E-state index is 0.0754. The van der Waals surface area contributed by atoms with Crippen LogP contribution in [0.3, 0.4) is 0 Å². The molecule has 0 atom stereocenters. The third-order valence-corrected chi connectivity index (χ3v) is 7.58. The number of anilines is 1. The molecule has 5 nitrogen and oxygen atoms in total. The van der Waals surface area contributed by atoms with E-state index in [0.29, 0.717) is 24.8 Å². The Labute approximate surface area is 260 Å². The number of aromatic nitrogens is 1. The van der Waals surface area contributed by atoms with Gasteiger partial charge in [0.05, 0.1) is 22.5 Å². The van der Waals surface area contributed by atoms with Crippen LogP contribution in [0.15, 0.2) is 52.7 Å². The minimum atomic E-state index is -8.70.